The van der Waals surface area contributed by atoms with E-state index in [9.17, 15) is 18.3 Å². The van der Waals surface area contributed by atoms with E-state index >= 15 is 0 Å². The second kappa shape index (κ2) is 8.61. The number of rotatable bonds is 5. The highest BCUT2D eigenvalue weighted by Gasteiger charge is 2.35. The smallest absolute Gasteiger partial charge is 0.324 e. The normalized spacial score (nSPS) is 15.2. The zero-order valence-corrected chi connectivity index (χ0v) is 17.6. The number of aryl methyl sites for hydroxylation is 1. The summed E-state index contributed by atoms with van der Waals surface area (Å²) in [5.74, 6) is -0.569. The number of nitrogens with zero attached hydrogens (tertiary/aromatic N) is 1. The van der Waals surface area contributed by atoms with E-state index in [1.807, 2.05) is 19.1 Å². The lowest BCUT2D eigenvalue weighted by atomic mass is 10.1. The molecule has 4 N–H and O–H groups in total. The third-order valence-corrected chi connectivity index (χ3v) is 7.90. The van der Waals surface area contributed by atoms with Gasteiger partial charge in [-0.2, -0.15) is 0 Å². The number of halogens is 1. The molecule has 1 aliphatic heterocycles. The number of phenolic OH excluding ortho intramolecular Hbond substituents is 1. The first-order valence-electron chi connectivity index (χ1n) is 9.42. The molecule has 9 heteroatoms. The van der Waals surface area contributed by atoms with E-state index in [4.69, 9.17) is 17.3 Å². The molecule has 7 nitrogen and oxygen atoms in total. The minimum Gasteiger partial charge on any atom is -0.504 e. The van der Waals surface area contributed by atoms with Crippen LogP contribution in [-0.4, -0.2) is 37.9 Å². The van der Waals surface area contributed by atoms with Crippen LogP contribution in [0.15, 0.2) is 41.3 Å². The van der Waals surface area contributed by atoms with E-state index < -0.39 is 26.9 Å². The Morgan fingerprint density at radius 3 is 2.48 bits per heavy atom. The highest BCUT2D eigenvalue weighted by atomic mass is 35.5. The Morgan fingerprint density at radius 1 is 1.21 bits per heavy atom. The van der Waals surface area contributed by atoms with E-state index in [2.05, 4.69) is 5.32 Å². The molecule has 0 radical (unpaired) electrons. The number of urea groups is 1. The van der Waals surface area contributed by atoms with Gasteiger partial charge < -0.3 is 16.2 Å². The monoisotopic (exact) mass is 437 g/mol. The molecule has 0 atom stereocenters. The van der Waals surface area contributed by atoms with Gasteiger partial charge >= 0.3 is 6.03 Å². The van der Waals surface area contributed by atoms with Gasteiger partial charge in [0.05, 0.1) is 21.6 Å². The van der Waals surface area contributed by atoms with Gasteiger partial charge in [0.1, 0.15) is 4.90 Å². The Balaban J connectivity index is 2.18. The lowest BCUT2D eigenvalue weighted by Gasteiger charge is -2.27. The first kappa shape index (κ1) is 21.4. The number of anilines is 2. The quantitative estimate of drug-likeness (QED) is 0.663. The standard InChI is InChI=1S/C20H24ClN3O4S/c1-2-13-5-3-4-6-16(13)24(20(22)26)17-8-7-15(21)19(18(17)25)29(27,28)14-9-11-23-12-10-14/h3-8,14,23,25H,2,9-12H2,1H3,(H2,22,26). The van der Waals surface area contributed by atoms with E-state index in [1.165, 1.54) is 12.1 Å². The van der Waals surface area contributed by atoms with Gasteiger partial charge in [-0.05, 0) is 56.1 Å². The fraction of sp³-hybridized carbons (Fsp3) is 0.350. The predicted molar refractivity (Wildman–Crippen MR) is 114 cm³/mol. The molecule has 2 aromatic carbocycles. The van der Waals surface area contributed by atoms with Crippen LogP contribution in [0.2, 0.25) is 5.02 Å². The Bertz CT molecular complexity index is 1020. The van der Waals surface area contributed by atoms with E-state index in [1.54, 1.807) is 12.1 Å². The second-order valence-electron chi connectivity index (χ2n) is 6.89. The SMILES string of the molecule is CCc1ccccc1N(C(N)=O)c1ccc(Cl)c(S(=O)(=O)C2CCNCC2)c1O. The van der Waals surface area contributed by atoms with E-state index in [0.29, 0.717) is 38.0 Å². The zero-order chi connectivity index (χ0) is 21.2. The van der Waals surface area contributed by atoms with Crippen molar-refractivity contribution in [3.05, 3.63) is 47.0 Å². The summed E-state index contributed by atoms with van der Waals surface area (Å²) in [6, 6.07) is 9.03. The summed E-state index contributed by atoms with van der Waals surface area (Å²) in [5.41, 5.74) is 6.90. The van der Waals surface area contributed by atoms with Crippen molar-refractivity contribution >= 4 is 38.8 Å². The van der Waals surface area contributed by atoms with Crippen LogP contribution in [0.1, 0.15) is 25.3 Å². The number of phenols is 1. The van der Waals surface area contributed by atoms with Crippen molar-refractivity contribution in [2.24, 2.45) is 5.73 Å². The van der Waals surface area contributed by atoms with Crippen molar-refractivity contribution in [2.45, 2.75) is 36.3 Å². The maximum atomic E-state index is 13.2. The van der Waals surface area contributed by atoms with Crippen molar-refractivity contribution in [1.82, 2.24) is 5.32 Å². The Labute approximate surface area is 175 Å². The Hall–Kier alpha value is -2.29. The molecule has 29 heavy (non-hydrogen) atoms. The van der Waals surface area contributed by atoms with Gasteiger partial charge in [-0.15, -0.1) is 0 Å². The van der Waals surface area contributed by atoms with Crippen molar-refractivity contribution in [1.29, 1.82) is 0 Å². The fourth-order valence-electron chi connectivity index (χ4n) is 3.65. The molecule has 1 saturated heterocycles. The number of piperidine rings is 1. The predicted octanol–water partition coefficient (Wildman–Crippen LogP) is 3.35. The van der Waals surface area contributed by atoms with Crippen LogP contribution >= 0.6 is 11.6 Å². The Kier molecular flexibility index (Phi) is 6.36. The molecule has 3 rings (SSSR count). The van der Waals surface area contributed by atoms with Gasteiger partial charge in [0.2, 0.25) is 0 Å². The van der Waals surface area contributed by atoms with E-state index in [-0.39, 0.29) is 15.6 Å². The molecule has 156 valence electrons. The first-order valence-corrected chi connectivity index (χ1v) is 11.3. The van der Waals surface area contributed by atoms with Gasteiger partial charge in [0.15, 0.2) is 15.6 Å². The largest absolute Gasteiger partial charge is 0.504 e. The number of primary amides is 1. The number of amides is 2. The number of nitrogens with one attached hydrogen (secondary N) is 1. The van der Waals surface area contributed by atoms with Gasteiger partial charge in [0.25, 0.3) is 0 Å². The number of hydrogen-bond donors (Lipinski definition) is 3. The number of hydrogen-bond acceptors (Lipinski definition) is 5. The molecule has 0 saturated carbocycles. The summed E-state index contributed by atoms with van der Waals surface area (Å²) in [4.78, 5) is 13.1. The summed E-state index contributed by atoms with van der Waals surface area (Å²) in [5, 5.41) is 13.3. The highest BCUT2D eigenvalue weighted by Crippen LogP contribution is 2.44. The number of aromatic hydroxyl groups is 1. The summed E-state index contributed by atoms with van der Waals surface area (Å²) < 4.78 is 26.5. The van der Waals surface area contributed by atoms with Crippen molar-refractivity contribution in [3.63, 3.8) is 0 Å². The number of nitrogens with two attached hydrogens (primary N) is 1. The minimum absolute atomic E-state index is 0.0182. The topological polar surface area (TPSA) is 113 Å². The van der Waals surface area contributed by atoms with E-state index in [0.717, 1.165) is 10.5 Å². The summed E-state index contributed by atoms with van der Waals surface area (Å²) >= 11 is 6.20. The molecule has 1 aliphatic rings. The van der Waals surface area contributed by atoms with Crippen molar-refractivity contribution < 1.29 is 18.3 Å². The van der Waals surface area contributed by atoms with Gasteiger partial charge in [-0.3, -0.25) is 4.90 Å². The van der Waals surface area contributed by atoms with Crippen LogP contribution in [0.4, 0.5) is 16.2 Å². The summed E-state index contributed by atoms with van der Waals surface area (Å²) in [6.07, 6.45) is 1.45. The van der Waals surface area contributed by atoms with Gasteiger partial charge in [-0.25, -0.2) is 13.2 Å². The molecular formula is C20H24ClN3O4S. The molecule has 0 aromatic heterocycles. The lowest BCUT2D eigenvalue weighted by Crippen LogP contribution is -2.36. The third kappa shape index (κ3) is 4.05. The molecule has 2 aromatic rings. The molecule has 0 unspecified atom stereocenters. The number of sulfone groups is 1. The lowest BCUT2D eigenvalue weighted by molar-refractivity contribution is 0.256. The van der Waals surface area contributed by atoms with Crippen LogP contribution in [0.25, 0.3) is 0 Å². The maximum Gasteiger partial charge on any atom is 0.324 e. The van der Waals surface area contributed by atoms with Crippen LogP contribution in [0.3, 0.4) is 0 Å². The number of para-hydroxylation sites is 1. The van der Waals surface area contributed by atoms with Crippen LogP contribution in [0, 0.1) is 0 Å². The highest BCUT2D eigenvalue weighted by molar-refractivity contribution is 7.92. The first-order chi connectivity index (χ1) is 13.8. The average Bonchev–Trinajstić information content (AvgIpc) is 2.70. The number of carbonyl (C=O) groups excluding carboxylic acids is 1. The minimum atomic E-state index is -3.90. The maximum absolute atomic E-state index is 13.2. The second-order valence-corrected chi connectivity index (χ2v) is 9.47. The molecule has 2 amide bonds. The molecular weight excluding hydrogens is 414 g/mol. The van der Waals surface area contributed by atoms with Crippen LogP contribution < -0.4 is 16.0 Å². The molecule has 0 bridgehead atoms. The molecule has 1 fully saturated rings. The van der Waals surface area contributed by atoms with Crippen LogP contribution in [0.5, 0.6) is 5.75 Å². The van der Waals surface area contributed by atoms with Gasteiger partial charge in [-0.1, -0.05) is 36.7 Å². The van der Waals surface area contributed by atoms with Gasteiger partial charge in [0, 0.05) is 0 Å². The van der Waals surface area contributed by atoms with Crippen molar-refractivity contribution in [3.8, 4) is 5.75 Å². The third-order valence-electron chi connectivity index (χ3n) is 5.15. The van der Waals surface area contributed by atoms with Crippen LogP contribution in [-0.2, 0) is 16.3 Å². The summed E-state index contributed by atoms with van der Waals surface area (Å²) in [6.45, 7) is 3.06. The summed E-state index contributed by atoms with van der Waals surface area (Å²) in [7, 11) is -3.90. The molecule has 0 aliphatic carbocycles. The van der Waals surface area contributed by atoms with Crippen molar-refractivity contribution in [2.75, 3.05) is 18.0 Å². The number of carbonyl (C=O) groups is 1. The average molecular weight is 438 g/mol. The number of benzene rings is 2. The molecule has 1 heterocycles. The Morgan fingerprint density at radius 2 is 1.86 bits per heavy atom. The molecule has 0 spiro atoms. The fourth-order valence-corrected chi connectivity index (χ4v) is 6.03. The zero-order valence-electron chi connectivity index (χ0n) is 16.1.